The molecule has 8 nitrogen and oxygen atoms in total. The maximum atomic E-state index is 11.9. The molecule has 0 fully saturated rings. The van der Waals surface area contributed by atoms with Crippen molar-refractivity contribution in [2.24, 2.45) is 0 Å². The number of anilines is 1. The summed E-state index contributed by atoms with van der Waals surface area (Å²) >= 11 is 0.704. The molecule has 0 bridgehead atoms. The summed E-state index contributed by atoms with van der Waals surface area (Å²) in [4.78, 5) is 36.5. The summed E-state index contributed by atoms with van der Waals surface area (Å²) in [5.41, 5.74) is -0.270. The van der Waals surface area contributed by atoms with Crippen molar-refractivity contribution in [1.29, 1.82) is 0 Å². The number of carboxylic acids is 1. The lowest BCUT2D eigenvalue weighted by molar-refractivity contribution is -0.380. The summed E-state index contributed by atoms with van der Waals surface area (Å²) < 4.78 is 0. The molecule has 2 aromatic rings. The Bertz CT molecular complexity index is 697. The first-order valence-electron chi connectivity index (χ1n) is 5.23. The third-order valence-electron chi connectivity index (χ3n) is 2.25. The van der Waals surface area contributed by atoms with E-state index in [4.69, 9.17) is 5.11 Å². The van der Waals surface area contributed by atoms with Gasteiger partial charge in [-0.3, -0.25) is 14.9 Å². The van der Waals surface area contributed by atoms with Crippen LogP contribution in [0.15, 0.2) is 30.5 Å². The van der Waals surface area contributed by atoms with Gasteiger partial charge in [-0.1, -0.05) is 11.3 Å². The van der Waals surface area contributed by atoms with Crippen molar-refractivity contribution < 1.29 is 19.6 Å². The molecule has 2 heterocycles. The average Bonchev–Trinajstić information content (AvgIpc) is 2.89. The van der Waals surface area contributed by atoms with E-state index in [-0.39, 0.29) is 21.3 Å². The minimum Gasteiger partial charge on any atom is -0.476 e. The van der Waals surface area contributed by atoms with Gasteiger partial charge in [0.25, 0.3) is 5.91 Å². The van der Waals surface area contributed by atoms with E-state index in [0.717, 1.165) is 0 Å². The smallest absolute Gasteiger partial charge is 0.356 e. The van der Waals surface area contributed by atoms with Crippen molar-refractivity contribution in [3.05, 3.63) is 51.1 Å². The second-order valence-electron chi connectivity index (χ2n) is 3.55. The fourth-order valence-electron chi connectivity index (χ4n) is 1.41. The number of amides is 1. The van der Waals surface area contributed by atoms with Gasteiger partial charge >= 0.3 is 11.0 Å². The number of hydrogen-bond donors (Lipinski definition) is 2. The van der Waals surface area contributed by atoms with Gasteiger partial charge in [-0.25, -0.2) is 9.78 Å². The molecule has 2 N–H and O–H groups in total. The maximum Gasteiger partial charge on any atom is 0.356 e. The fraction of sp³-hybridized carbons (Fsp3) is 0. The number of hydrogen-bond acceptors (Lipinski definition) is 6. The normalized spacial score (nSPS) is 10.0. The Balaban J connectivity index is 2.23. The van der Waals surface area contributed by atoms with E-state index in [9.17, 15) is 19.7 Å². The van der Waals surface area contributed by atoms with E-state index < -0.39 is 16.8 Å². The van der Waals surface area contributed by atoms with Crippen molar-refractivity contribution in [2.75, 3.05) is 5.32 Å². The van der Waals surface area contributed by atoms with Crippen molar-refractivity contribution in [3.8, 4) is 0 Å². The largest absolute Gasteiger partial charge is 0.476 e. The Kier molecular flexibility index (Phi) is 3.71. The molecule has 0 aliphatic carbocycles. The Labute approximate surface area is 115 Å². The Morgan fingerprint density at radius 2 is 2.10 bits per heavy atom. The van der Waals surface area contributed by atoms with Gasteiger partial charge in [-0.2, -0.15) is 0 Å². The topological polar surface area (TPSA) is 122 Å². The molecule has 0 unspecified atom stereocenters. The molecule has 9 heteroatoms. The van der Waals surface area contributed by atoms with Crippen LogP contribution in [0, 0.1) is 10.1 Å². The number of carbonyl (C=O) groups is 2. The predicted octanol–water partition coefficient (Wildman–Crippen LogP) is 2.00. The standard InChI is InChI=1S/C11H7N3O5S/c15-10(7-3-4-8(20-7)14(18)19)13-6-2-1-5-12-9(6)11(16)17/h1-5H,(H,13,15)(H,16,17). The molecule has 102 valence electrons. The van der Waals surface area contributed by atoms with E-state index in [2.05, 4.69) is 10.3 Å². The van der Waals surface area contributed by atoms with Crippen LogP contribution in [0.5, 0.6) is 0 Å². The van der Waals surface area contributed by atoms with Gasteiger partial charge in [-0.05, 0) is 18.2 Å². The summed E-state index contributed by atoms with van der Waals surface area (Å²) in [6, 6.07) is 5.37. The third-order valence-corrected chi connectivity index (χ3v) is 3.29. The van der Waals surface area contributed by atoms with Gasteiger partial charge in [0.15, 0.2) is 5.69 Å². The molecule has 20 heavy (non-hydrogen) atoms. The van der Waals surface area contributed by atoms with Crippen LogP contribution in [0.2, 0.25) is 0 Å². The lowest BCUT2D eigenvalue weighted by Crippen LogP contribution is -2.14. The average molecular weight is 293 g/mol. The van der Waals surface area contributed by atoms with Crippen molar-refractivity contribution in [2.45, 2.75) is 0 Å². The molecule has 0 spiro atoms. The summed E-state index contributed by atoms with van der Waals surface area (Å²) in [7, 11) is 0. The van der Waals surface area contributed by atoms with Crippen molar-refractivity contribution in [3.63, 3.8) is 0 Å². The molecule has 0 aliphatic heterocycles. The van der Waals surface area contributed by atoms with Gasteiger partial charge in [-0.15, -0.1) is 0 Å². The fourth-order valence-corrected chi connectivity index (χ4v) is 2.12. The molecular formula is C11H7N3O5S. The van der Waals surface area contributed by atoms with Crippen LogP contribution in [-0.4, -0.2) is 26.9 Å². The first kappa shape index (κ1) is 13.6. The quantitative estimate of drug-likeness (QED) is 0.656. The molecule has 0 aliphatic rings. The highest BCUT2D eigenvalue weighted by molar-refractivity contribution is 7.17. The zero-order valence-electron chi connectivity index (χ0n) is 9.77. The van der Waals surface area contributed by atoms with E-state index in [1.54, 1.807) is 0 Å². The number of thiophene rings is 1. The minimum atomic E-state index is -1.28. The van der Waals surface area contributed by atoms with E-state index in [0.29, 0.717) is 11.3 Å². The monoisotopic (exact) mass is 293 g/mol. The highest BCUT2D eigenvalue weighted by Crippen LogP contribution is 2.25. The molecule has 0 saturated heterocycles. The second kappa shape index (κ2) is 5.45. The van der Waals surface area contributed by atoms with E-state index >= 15 is 0 Å². The molecule has 0 radical (unpaired) electrons. The van der Waals surface area contributed by atoms with Crippen LogP contribution in [-0.2, 0) is 0 Å². The van der Waals surface area contributed by atoms with Gasteiger partial charge in [0.2, 0.25) is 0 Å². The SMILES string of the molecule is O=C(Nc1cccnc1C(=O)O)c1ccc([N+](=O)[O-])s1. The lowest BCUT2D eigenvalue weighted by Gasteiger charge is -2.05. The van der Waals surface area contributed by atoms with Crippen LogP contribution in [0.4, 0.5) is 10.7 Å². The van der Waals surface area contributed by atoms with Gasteiger partial charge in [0.05, 0.1) is 15.5 Å². The number of aromatic nitrogens is 1. The Morgan fingerprint density at radius 1 is 1.35 bits per heavy atom. The van der Waals surface area contributed by atoms with Crippen LogP contribution in [0.25, 0.3) is 0 Å². The third kappa shape index (κ3) is 2.78. The number of carbonyl (C=O) groups excluding carboxylic acids is 1. The highest BCUT2D eigenvalue weighted by Gasteiger charge is 2.18. The van der Waals surface area contributed by atoms with Crippen LogP contribution in [0.3, 0.4) is 0 Å². The van der Waals surface area contributed by atoms with Gasteiger partial charge in [0, 0.05) is 12.3 Å². The summed E-state index contributed by atoms with van der Waals surface area (Å²) in [6.45, 7) is 0. The summed E-state index contributed by atoms with van der Waals surface area (Å²) in [5.74, 6) is -1.91. The lowest BCUT2D eigenvalue weighted by atomic mass is 10.3. The molecule has 2 rings (SSSR count). The molecular weight excluding hydrogens is 286 g/mol. The van der Waals surface area contributed by atoms with Gasteiger partial charge < -0.3 is 10.4 Å². The first-order chi connectivity index (χ1) is 9.49. The second-order valence-corrected chi connectivity index (χ2v) is 4.62. The number of nitrogens with one attached hydrogen (secondary N) is 1. The zero-order valence-corrected chi connectivity index (χ0v) is 10.6. The number of rotatable bonds is 4. The summed E-state index contributed by atoms with van der Waals surface area (Å²) in [6.07, 6.45) is 1.29. The van der Waals surface area contributed by atoms with E-state index in [1.165, 1.54) is 30.5 Å². The van der Waals surface area contributed by atoms with Crippen molar-refractivity contribution >= 4 is 33.9 Å². The Morgan fingerprint density at radius 3 is 2.70 bits per heavy atom. The molecule has 2 aromatic heterocycles. The molecule has 0 aromatic carbocycles. The van der Waals surface area contributed by atoms with E-state index in [1.807, 2.05) is 0 Å². The maximum absolute atomic E-state index is 11.9. The summed E-state index contributed by atoms with van der Waals surface area (Å²) in [5, 5.41) is 21.7. The number of nitrogens with zero attached hydrogens (tertiary/aromatic N) is 2. The first-order valence-corrected chi connectivity index (χ1v) is 6.04. The molecule has 0 saturated carbocycles. The van der Waals surface area contributed by atoms with Gasteiger partial charge in [0.1, 0.15) is 0 Å². The molecule has 0 atom stereocenters. The minimum absolute atomic E-state index is 0.0288. The highest BCUT2D eigenvalue weighted by atomic mass is 32.1. The van der Waals surface area contributed by atoms with Crippen LogP contribution < -0.4 is 5.32 Å². The van der Waals surface area contributed by atoms with Crippen molar-refractivity contribution in [1.82, 2.24) is 4.98 Å². The Hall–Kier alpha value is -2.81. The van der Waals surface area contributed by atoms with Crippen LogP contribution in [0.1, 0.15) is 20.2 Å². The van der Waals surface area contributed by atoms with Crippen LogP contribution >= 0.6 is 11.3 Å². The number of carboxylic acid groups (broad SMARTS) is 1. The number of aromatic carboxylic acids is 1. The molecule has 1 amide bonds. The number of nitro groups is 1. The zero-order chi connectivity index (χ0) is 14.7. The number of pyridine rings is 1. The predicted molar refractivity (Wildman–Crippen MR) is 70.1 cm³/mol.